The number of nitrogens with one attached hydrogen (secondary N) is 1. The number of halogens is 1. The van der Waals surface area contributed by atoms with Crippen LogP contribution in [0, 0.1) is 5.92 Å². The maximum Gasteiger partial charge on any atom is 0.217 e. The lowest BCUT2D eigenvalue weighted by Crippen LogP contribution is -2.15. The van der Waals surface area contributed by atoms with Crippen molar-refractivity contribution in [2.45, 2.75) is 39.2 Å². The molecule has 0 aliphatic heterocycles. The zero-order chi connectivity index (χ0) is 12.8. The molecule has 0 atom stereocenters. The van der Waals surface area contributed by atoms with E-state index < -0.39 is 0 Å². The summed E-state index contributed by atoms with van der Waals surface area (Å²) in [5.41, 5.74) is 1.13. The number of hydrogen-bond acceptors (Lipinski definition) is 3. The Labute approximate surface area is 117 Å². The molecule has 0 spiro atoms. The van der Waals surface area contributed by atoms with E-state index in [2.05, 4.69) is 39.2 Å². The van der Waals surface area contributed by atoms with E-state index in [9.17, 15) is 0 Å². The molecule has 4 heteroatoms. The predicted octanol–water partition coefficient (Wildman–Crippen LogP) is 3.52. The molecule has 0 radical (unpaired) electrons. The van der Waals surface area contributed by atoms with Crippen molar-refractivity contribution in [1.29, 1.82) is 0 Å². The molecule has 1 aliphatic carbocycles. The molecule has 1 N–H and O–H groups in total. The summed E-state index contributed by atoms with van der Waals surface area (Å²) >= 11 is 3.46. The van der Waals surface area contributed by atoms with Gasteiger partial charge < -0.3 is 10.1 Å². The minimum absolute atomic E-state index is 0.724. The van der Waals surface area contributed by atoms with Crippen molar-refractivity contribution in [2.24, 2.45) is 5.92 Å². The molecule has 100 valence electrons. The molecule has 18 heavy (non-hydrogen) atoms. The molecule has 0 aromatic carbocycles. The lowest BCUT2D eigenvalue weighted by molar-refractivity contribution is 0.240. The summed E-state index contributed by atoms with van der Waals surface area (Å²) in [4.78, 5) is 4.38. The summed E-state index contributed by atoms with van der Waals surface area (Å²) in [6, 6.07) is 2.08. The number of pyridine rings is 1. The van der Waals surface area contributed by atoms with Gasteiger partial charge >= 0.3 is 0 Å². The zero-order valence-electron chi connectivity index (χ0n) is 10.9. The monoisotopic (exact) mass is 312 g/mol. The predicted molar refractivity (Wildman–Crippen MR) is 76.8 cm³/mol. The summed E-state index contributed by atoms with van der Waals surface area (Å²) in [5.74, 6) is 1.51. The molecule has 1 heterocycles. The van der Waals surface area contributed by atoms with E-state index in [0.717, 1.165) is 41.5 Å². The van der Waals surface area contributed by atoms with Crippen molar-refractivity contribution in [3.63, 3.8) is 0 Å². The van der Waals surface area contributed by atoms with Crippen LogP contribution >= 0.6 is 15.9 Å². The Kier molecular flexibility index (Phi) is 5.45. The molecule has 1 aliphatic rings. The van der Waals surface area contributed by atoms with Crippen molar-refractivity contribution in [3.05, 3.63) is 22.3 Å². The molecular weight excluding hydrogens is 292 g/mol. The highest BCUT2D eigenvalue weighted by Gasteiger charge is 2.16. The lowest BCUT2D eigenvalue weighted by atomic mass is 10.1. The number of rotatable bonds is 6. The highest BCUT2D eigenvalue weighted by Crippen LogP contribution is 2.26. The van der Waals surface area contributed by atoms with Gasteiger partial charge in [-0.3, -0.25) is 0 Å². The minimum atomic E-state index is 0.724. The molecular formula is C14H21BrN2O. The van der Waals surface area contributed by atoms with Gasteiger partial charge in [-0.25, -0.2) is 4.98 Å². The average molecular weight is 313 g/mol. The van der Waals surface area contributed by atoms with E-state index >= 15 is 0 Å². The zero-order valence-corrected chi connectivity index (χ0v) is 12.5. The second-order valence-electron chi connectivity index (χ2n) is 4.86. The SMILES string of the molecule is CCNCc1cc(Br)cnc1OCC1CCCC1. The Hall–Kier alpha value is -0.610. The first-order valence-corrected chi connectivity index (χ1v) is 7.57. The quantitative estimate of drug-likeness (QED) is 0.872. The van der Waals surface area contributed by atoms with Gasteiger partial charge in [0.1, 0.15) is 0 Å². The highest BCUT2D eigenvalue weighted by molar-refractivity contribution is 9.10. The second kappa shape index (κ2) is 7.10. The van der Waals surface area contributed by atoms with Gasteiger partial charge in [-0.1, -0.05) is 19.8 Å². The number of ether oxygens (including phenoxy) is 1. The minimum Gasteiger partial charge on any atom is -0.477 e. The average Bonchev–Trinajstić information content (AvgIpc) is 2.88. The summed E-state index contributed by atoms with van der Waals surface area (Å²) in [5, 5.41) is 3.32. The molecule has 1 saturated carbocycles. The van der Waals surface area contributed by atoms with Gasteiger partial charge in [-0.2, -0.15) is 0 Å². The van der Waals surface area contributed by atoms with Crippen LogP contribution in [0.25, 0.3) is 0 Å². The van der Waals surface area contributed by atoms with Crippen LogP contribution in [0.5, 0.6) is 5.88 Å². The van der Waals surface area contributed by atoms with Crippen LogP contribution in [-0.4, -0.2) is 18.1 Å². The molecule has 1 aromatic rings. The summed E-state index contributed by atoms with van der Waals surface area (Å²) in [6.45, 7) is 4.68. The molecule has 0 unspecified atom stereocenters. The smallest absolute Gasteiger partial charge is 0.217 e. The number of nitrogens with zero attached hydrogens (tertiary/aromatic N) is 1. The molecule has 2 rings (SSSR count). The van der Waals surface area contributed by atoms with Crippen LogP contribution < -0.4 is 10.1 Å². The van der Waals surface area contributed by atoms with Crippen LogP contribution in [0.1, 0.15) is 38.2 Å². The van der Waals surface area contributed by atoms with Crippen LogP contribution in [0.15, 0.2) is 16.7 Å². The van der Waals surface area contributed by atoms with E-state index in [0.29, 0.717) is 0 Å². The van der Waals surface area contributed by atoms with Gasteiger partial charge in [-0.05, 0) is 47.3 Å². The highest BCUT2D eigenvalue weighted by atomic mass is 79.9. The summed E-state index contributed by atoms with van der Waals surface area (Å²) in [7, 11) is 0. The van der Waals surface area contributed by atoms with Crippen LogP contribution in [0.2, 0.25) is 0 Å². The first-order chi connectivity index (χ1) is 8.79. The number of aromatic nitrogens is 1. The molecule has 1 fully saturated rings. The summed E-state index contributed by atoms with van der Waals surface area (Å²) < 4.78 is 6.90. The number of hydrogen-bond donors (Lipinski definition) is 1. The Bertz CT molecular complexity index is 378. The van der Waals surface area contributed by atoms with Crippen LogP contribution in [-0.2, 0) is 6.54 Å². The van der Waals surface area contributed by atoms with E-state index in [1.165, 1.54) is 25.7 Å². The summed E-state index contributed by atoms with van der Waals surface area (Å²) in [6.07, 6.45) is 7.12. The van der Waals surface area contributed by atoms with Crippen molar-refractivity contribution in [3.8, 4) is 5.88 Å². The van der Waals surface area contributed by atoms with Crippen LogP contribution in [0.4, 0.5) is 0 Å². The molecule has 0 amide bonds. The largest absolute Gasteiger partial charge is 0.477 e. The van der Waals surface area contributed by atoms with E-state index in [1.54, 1.807) is 6.20 Å². The topological polar surface area (TPSA) is 34.2 Å². The fraction of sp³-hybridized carbons (Fsp3) is 0.643. The molecule has 0 saturated heterocycles. The Morgan fingerprint density at radius 1 is 1.44 bits per heavy atom. The van der Waals surface area contributed by atoms with Crippen molar-refractivity contribution in [2.75, 3.05) is 13.2 Å². The Morgan fingerprint density at radius 2 is 2.22 bits per heavy atom. The Balaban J connectivity index is 1.96. The first kappa shape index (κ1) is 13.8. The normalized spacial score (nSPS) is 16.1. The third-order valence-corrected chi connectivity index (χ3v) is 3.82. The van der Waals surface area contributed by atoms with Gasteiger partial charge in [0.15, 0.2) is 0 Å². The molecule has 0 bridgehead atoms. The lowest BCUT2D eigenvalue weighted by Gasteiger charge is -2.14. The van der Waals surface area contributed by atoms with Gasteiger partial charge in [-0.15, -0.1) is 0 Å². The van der Waals surface area contributed by atoms with E-state index in [1.807, 2.05) is 0 Å². The third-order valence-electron chi connectivity index (χ3n) is 3.39. The standard InChI is InChI=1S/C14H21BrN2O/c1-2-16-8-12-7-13(15)9-17-14(12)18-10-11-5-3-4-6-11/h7,9,11,16H,2-6,8,10H2,1H3. The Morgan fingerprint density at radius 3 is 2.94 bits per heavy atom. The van der Waals surface area contributed by atoms with Gasteiger partial charge in [0.25, 0.3) is 0 Å². The van der Waals surface area contributed by atoms with E-state index in [-0.39, 0.29) is 0 Å². The van der Waals surface area contributed by atoms with Gasteiger partial charge in [0.05, 0.1) is 6.61 Å². The van der Waals surface area contributed by atoms with Crippen molar-refractivity contribution >= 4 is 15.9 Å². The first-order valence-electron chi connectivity index (χ1n) is 6.77. The second-order valence-corrected chi connectivity index (χ2v) is 5.78. The maximum atomic E-state index is 5.90. The molecule has 3 nitrogen and oxygen atoms in total. The van der Waals surface area contributed by atoms with Gasteiger partial charge in [0.2, 0.25) is 5.88 Å². The fourth-order valence-electron chi connectivity index (χ4n) is 2.36. The van der Waals surface area contributed by atoms with Gasteiger partial charge in [0, 0.05) is 22.8 Å². The van der Waals surface area contributed by atoms with Crippen molar-refractivity contribution in [1.82, 2.24) is 10.3 Å². The van der Waals surface area contributed by atoms with Crippen molar-refractivity contribution < 1.29 is 4.74 Å². The fourth-order valence-corrected chi connectivity index (χ4v) is 2.74. The van der Waals surface area contributed by atoms with E-state index in [4.69, 9.17) is 4.74 Å². The third kappa shape index (κ3) is 3.95. The molecule has 1 aromatic heterocycles. The van der Waals surface area contributed by atoms with Crippen LogP contribution in [0.3, 0.4) is 0 Å². The maximum absolute atomic E-state index is 5.90.